The summed E-state index contributed by atoms with van der Waals surface area (Å²) in [6.07, 6.45) is 4.50. The van der Waals surface area contributed by atoms with Gasteiger partial charge in [-0.3, -0.25) is 0 Å². The summed E-state index contributed by atoms with van der Waals surface area (Å²) in [4.78, 5) is 12.0. The summed E-state index contributed by atoms with van der Waals surface area (Å²) in [6, 6.07) is 4.71. The molecule has 1 atom stereocenters. The Morgan fingerprint density at radius 3 is 3.00 bits per heavy atom. The highest BCUT2D eigenvalue weighted by molar-refractivity contribution is 14.1. The molecule has 0 saturated carbocycles. The van der Waals surface area contributed by atoms with E-state index in [2.05, 4.69) is 68.9 Å². The zero-order valence-corrected chi connectivity index (χ0v) is 12.8. The molecule has 0 amide bonds. The van der Waals surface area contributed by atoms with Gasteiger partial charge < -0.3 is 4.90 Å². The normalized spacial score (nSPS) is 12.4. The Kier molecular flexibility index (Phi) is 4.33. The van der Waals surface area contributed by atoms with Crippen molar-refractivity contribution >= 4 is 39.7 Å². The minimum atomic E-state index is 0.428. The first-order chi connectivity index (χ1) is 8.18. The first kappa shape index (κ1) is 12.8. The molecule has 0 aliphatic heterocycles. The molecule has 1 unspecified atom stereocenters. The van der Waals surface area contributed by atoms with Gasteiger partial charge in [-0.25, -0.2) is 9.97 Å². The van der Waals surface area contributed by atoms with Crippen LogP contribution in [0.1, 0.15) is 11.8 Å². The zero-order chi connectivity index (χ0) is 12.3. The van der Waals surface area contributed by atoms with Gasteiger partial charge in [-0.2, -0.15) is 0 Å². The highest BCUT2D eigenvalue weighted by atomic mass is 127. The van der Waals surface area contributed by atoms with Crippen LogP contribution in [0, 0.1) is 3.57 Å². The van der Waals surface area contributed by atoms with Crippen LogP contribution in [-0.4, -0.2) is 23.1 Å². The van der Waals surface area contributed by atoms with Gasteiger partial charge in [0.2, 0.25) is 0 Å². The molecule has 5 heteroatoms. The van der Waals surface area contributed by atoms with Crippen LogP contribution >= 0.6 is 33.9 Å². The van der Waals surface area contributed by atoms with Crippen molar-refractivity contribution in [1.29, 1.82) is 0 Å². The highest BCUT2D eigenvalue weighted by Crippen LogP contribution is 2.21. The van der Waals surface area contributed by atoms with Crippen molar-refractivity contribution in [2.24, 2.45) is 0 Å². The smallest absolute Gasteiger partial charge is 0.145 e. The second-order valence-corrected chi connectivity index (χ2v) is 6.13. The predicted octanol–water partition coefficient (Wildman–Crippen LogP) is 3.21. The van der Waals surface area contributed by atoms with Crippen LogP contribution in [0.25, 0.3) is 0 Å². The molecule has 90 valence electrons. The molecular weight excluding hydrogens is 345 g/mol. The lowest BCUT2D eigenvalue weighted by Crippen LogP contribution is -2.31. The number of halogens is 1. The molecule has 3 nitrogen and oxygen atoms in total. The van der Waals surface area contributed by atoms with E-state index in [1.54, 1.807) is 17.7 Å². The predicted molar refractivity (Wildman–Crippen MR) is 80.6 cm³/mol. The molecule has 2 aromatic rings. The Morgan fingerprint density at radius 1 is 1.53 bits per heavy atom. The van der Waals surface area contributed by atoms with Crippen LogP contribution in [0.3, 0.4) is 0 Å². The topological polar surface area (TPSA) is 29.0 Å². The van der Waals surface area contributed by atoms with E-state index in [1.165, 1.54) is 4.88 Å². The molecule has 2 rings (SSSR count). The number of likely N-dealkylation sites (N-methyl/N-ethyl adjacent to an activating group) is 1. The van der Waals surface area contributed by atoms with Crippen molar-refractivity contribution in [2.75, 3.05) is 11.9 Å². The van der Waals surface area contributed by atoms with E-state index in [0.29, 0.717) is 6.04 Å². The molecule has 0 saturated heterocycles. The third-order valence-corrected chi connectivity index (χ3v) is 4.38. The highest BCUT2D eigenvalue weighted by Gasteiger charge is 2.14. The van der Waals surface area contributed by atoms with Crippen molar-refractivity contribution in [1.82, 2.24) is 9.97 Å². The minimum Gasteiger partial charge on any atom is -0.356 e. The van der Waals surface area contributed by atoms with E-state index in [0.717, 1.165) is 15.8 Å². The Labute approximate surface area is 119 Å². The van der Waals surface area contributed by atoms with Gasteiger partial charge in [-0.1, -0.05) is 6.07 Å². The second kappa shape index (κ2) is 5.77. The largest absolute Gasteiger partial charge is 0.356 e. The molecule has 2 aromatic heterocycles. The van der Waals surface area contributed by atoms with Gasteiger partial charge in [-0.15, -0.1) is 11.3 Å². The van der Waals surface area contributed by atoms with Gasteiger partial charge in [0.05, 0.1) is 3.57 Å². The molecule has 0 spiro atoms. The maximum absolute atomic E-state index is 4.34. The Hall–Kier alpha value is -0.690. The molecule has 17 heavy (non-hydrogen) atoms. The number of rotatable bonds is 4. The minimum absolute atomic E-state index is 0.428. The average molecular weight is 359 g/mol. The van der Waals surface area contributed by atoms with Crippen LogP contribution in [-0.2, 0) is 6.42 Å². The van der Waals surface area contributed by atoms with E-state index in [-0.39, 0.29) is 0 Å². The van der Waals surface area contributed by atoms with Gasteiger partial charge in [0.15, 0.2) is 0 Å². The van der Waals surface area contributed by atoms with Gasteiger partial charge >= 0.3 is 0 Å². The first-order valence-corrected chi connectivity index (χ1v) is 7.35. The number of hydrogen-bond donors (Lipinski definition) is 0. The number of hydrogen-bond acceptors (Lipinski definition) is 4. The van der Waals surface area contributed by atoms with Crippen molar-refractivity contribution in [3.63, 3.8) is 0 Å². The average Bonchev–Trinajstić information content (AvgIpc) is 2.81. The Balaban J connectivity index is 2.09. The molecule has 0 aromatic carbocycles. The van der Waals surface area contributed by atoms with Crippen LogP contribution in [0.5, 0.6) is 0 Å². The third kappa shape index (κ3) is 3.16. The van der Waals surface area contributed by atoms with Crippen LogP contribution < -0.4 is 4.90 Å². The summed E-state index contributed by atoms with van der Waals surface area (Å²) in [5.74, 6) is 1.00. The van der Waals surface area contributed by atoms with E-state index < -0.39 is 0 Å². The maximum Gasteiger partial charge on any atom is 0.145 e. The van der Waals surface area contributed by atoms with Crippen LogP contribution in [0.4, 0.5) is 5.82 Å². The standard InChI is InChI=1S/C12H14IN3S/c1-9(6-10-4-3-5-17-10)16(2)12-11(13)7-14-8-15-12/h3-5,7-9H,6H2,1-2H3. The SMILES string of the molecule is CC(Cc1cccs1)N(C)c1ncncc1I. The number of aromatic nitrogens is 2. The van der Waals surface area contributed by atoms with Crippen molar-refractivity contribution in [3.05, 3.63) is 38.5 Å². The fraction of sp³-hybridized carbons (Fsp3) is 0.333. The Morgan fingerprint density at radius 2 is 2.35 bits per heavy atom. The van der Waals surface area contributed by atoms with Gasteiger partial charge in [0.25, 0.3) is 0 Å². The summed E-state index contributed by atoms with van der Waals surface area (Å²) in [6.45, 7) is 2.22. The lowest BCUT2D eigenvalue weighted by Gasteiger charge is -2.26. The van der Waals surface area contributed by atoms with Crippen molar-refractivity contribution < 1.29 is 0 Å². The summed E-state index contributed by atoms with van der Waals surface area (Å²) in [7, 11) is 2.09. The number of anilines is 1. The van der Waals surface area contributed by atoms with Crippen LogP contribution in [0.15, 0.2) is 30.0 Å². The van der Waals surface area contributed by atoms with Crippen molar-refractivity contribution in [2.45, 2.75) is 19.4 Å². The lowest BCUT2D eigenvalue weighted by molar-refractivity contribution is 0.677. The van der Waals surface area contributed by atoms with Crippen molar-refractivity contribution in [3.8, 4) is 0 Å². The molecule has 2 heterocycles. The fourth-order valence-electron chi connectivity index (χ4n) is 1.63. The molecular formula is C12H14IN3S. The molecule has 0 aliphatic rings. The zero-order valence-electron chi connectivity index (χ0n) is 9.80. The molecule has 0 N–H and O–H groups in total. The van der Waals surface area contributed by atoms with Gasteiger partial charge in [0, 0.05) is 30.6 Å². The molecule has 0 bridgehead atoms. The monoisotopic (exact) mass is 359 g/mol. The van der Waals surface area contributed by atoms with E-state index in [1.807, 2.05) is 6.20 Å². The third-order valence-electron chi connectivity index (χ3n) is 2.72. The van der Waals surface area contributed by atoms with E-state index in [9.17, 15) is 0 Å². The van der Waals surface area contributed by atoms with E-state index >= 15 is 0 Å². The lowest BCUT2D eigenvalue weighted by atomic mass is 10.2. The fourth-order valence-corrected chi connectivity index (χ4v) is 3.14. The number of nitrogens with zero attached hydrogens (tertiary/aromatic N) is 3. The molecule has 0 fully saturated rings. The molecule has 0 radical (unpaired) electrons. The summed E-state index contributed by atoms with van der Waals surface area (Å²) < 4.78 is 1.09. The van der Waals surface area contributed by atoms with Crippen LogP contribution in [0.2, 0.25) is 0 Å². The van der Waals surface area contributed by atoms with Gasteiger partial charge in [0.1, 0.15) is 12.1 Å². The second-order valence-electron chi connectivity index (χ2n) is 3.94. The quantitative estimate of drug-likeness (QED) is 0.785. The first-order valence-electron chi connectivity index (χ1n) is 5.39. The summed E-state index contributed by atoms with van der Waals surface area (Å²) in [5.41, 5.74) is 0. The Bertz CT molecular complexity index is 472. The summed E-state index contributed by atoms with van der Waals surface area (Å²) in [5, 5.41) is 2.12. The van der Waals surface area contributed by atoms with E-state index in [4.69, 9.17) is 0 Å². The number of thiophene rings is 1. The maximum atomic E-state index is 4.34. The summed E-state index contributed by atoms with van der Waals surface area (Å²) >= 11 is 4.08. The molecule has 0 aliphatic carbocycles. The van der Waals surface area contributed by atoms with Gasteiger partial charge in [-0.05, 0) is 41.0 Å².